The van der Waals surface area contributed by atoms with Gasteiger partial charge in [-0.25, -0.2) is 0 Å². The number of rotatable bonds is 3. The Labute approximate surface area is 142 Å². The fourth-order valence-electron chi connectivity index (χ4n) is 2.64. The highest BCUT2D eigenvalue weighted by Crippen LogP contribution is 2.30. The average molecular weight is 404 g/mol. The molecule has 106 valence electrons. The fraction of sp³-hybridized carbons (Fsp3) is 0.158. The molecule has 0 aliphatic rings. The number of aryl methyl sites for hydroxylation is 1. The minimum absolute atomic E-state index is 0.329. The molecule has 3 aromatic carbocycles. The Morgan fingerprint density at radius 3 is 2.43 bits per heavy atom. The first-order valence-corrected chi connectivity index (χ1v) is 8.71. The Bertz CT molecular complexity index is 757. The smallest absolute Gasteiger partial charge is 0.0436 e. The van der Waals surface area contributed by atoms with Gasteiger partial charge in [0.05, 0.1) is 0 Å². The third-order valence-electron chi connectivity index (χ3n) is 3.65. The van der Waals surface area contributed by atoms with Crippen LogP contribution < -0.4 is 0 Å². The highest BCUT2D eigenvalue weighted by atomic mass is 79.9. The van der Waals surface area contributed by atoms with Crippen molar-refractivity contribution in [3.63, 3.8) is 0 Å². The molecule has 0 heterocycles. The van der Waals surface area contributed by atoms with E-state index in [1.807, 2.05) is 0 Å². The van der Waals surface area contributed by atoms with E-state index >= 15 is 0 Å². The van der Waals surface area contributed by atoms with E-state index < -0.39 is 0 Å². The van der Waals surface area contributed by atoms with Crippen molar-refractivity contribution in [3.8, 4) is 0 Å². The Morgan fingerprint density at radius 2 is 1.67 bits per heavy atom. The second-order valence-corrected chi connectivity index (χ2v) is 7.44. The molecule has 1 unspecified atom stereocenters. The lowest BCUT2D eigenvalue weighted by Crippen LogP contribution is -1.96. The van der Waals surface area contributed by atoms with E-state index in [9.17, 15) is 0 Å². The Balaban J connectivity index is 1.86. The Kier molecular flexibility index (Phi) is 4.46. The predicted octanol–water partition coefficient (Wildman–Crippen LogP) is 6.59. The maximum atomic E-state index is 3.83. The summed E-state index contributed by atoms with van der Waals surface area (Å²) in [4.78, 5) is 0.329. The molecular weight excluding hydrogens is 388 g/mol. The van der Waals surface area contributed by atoms with Crippen LogP contribution in [0, 0.1) is 6.92 Å². The van der Waals surface area contributed by atoms with Crippen LogP contribution in [-0.2, 0) is 6.42 Å². The third-order valence-corrected chi connectivity index (χ3v) is 4.97. The van der Waals surface area contributed by atoms with Gasteiger partial charge in [-0.2, -0.15) is 0 Å². The summed E-state index contributed by atoms with van der Waals surface area (Å²) in [5.74, 6) is 0. The first-order valence-electron chi connectivity index (χ1n) is 7.01. The molecular formula is C19H16Br2. The summed E-state index contributed by atoms with van der Waals surface area (Å²) in [6, 6.07) is 21.8. The lowest BCUT2D eigenvalue weighted by molar-refractivity contribution is 0.947. The quantitative estimate of drug-likeness (QED) is 0.432. The molecule has 0 aliphatic carbocycles. The molecule has 0 radical (unpaired) electrons. The monoisotopic (exact) mass is 402 g/mol. The summed E-state index contributed by atoms with van der Waals surface area (Å²) in [5, 5.41) is 2.60. The zero-order valence-electron chi connectivity index (χ0n) is 11.8. The zero-order chi connectivity index (χ0) is 14.8. The van der Waals surface area contributed by atoms with Crippen LogP contribution in [0.2, 0.25) is 0 Å². The van der Waals surface area contributed by atoms with Crippen molar-refractivity contribution in [2.24, 2.45) is 0 Å². The molecule has 0 saturated heterocycles. The Hall–Kier alpha value is -1.12. The minimum Gasteiger partial charge on any atom is -0.0835 e. The largest absolute Gasteiger partial charge is 0.0835 e. The maximum Gasteiger partial charge on any atom is 0.0436 e. The lowest BCUT2D eigenvalue weighted by Gasteiger charge is -2.12. The van der Waals surface area contributed by atoms with Crippen LogP contribution in [0.25, 0.3) is 10.8 Å². The van der Waals surface area contributed by atoms with E-state index in [1.54, 1.807) is 0 Å². The van der Waals surface area contributed by atoms with E-state index in [4.69, 9.17) is 0 Å². The van der Waals surface area contributed by atoms with Crippen LogP contribution in [0.15, 0.2) is 65.1 Å². The molecule has 0 nitrogen and oxygen atoms in total. The molecule has 0 aromatic heterocycles. The van der Waals surface area contributed by atoms with E-state index in [0.29, 0.717) is 4.83 Å². The number of halogens is 2. The first kappa shape index (κ1) is 14.8. The van der Waals surface area contributed by atoms with Gasteiger partial charge < -0.3 is 0 Å². The topological polar surface area (TPSA) is 0 Å². The molecule has 2 heteroatoms. The van der Waals surface area contributed by atoms with Crippen molar-refractivity contribution >= 4 is 42.6 Å². The van der Waals surface area contributed by atoms with Gasteiger partial charge in [0.2, 0.25) is 0 Å². The maximum absolute atomic E-state index is 3.83. The molecule has 21 heavy (non-hydrogen) atoms. The fourth-order valence-corrected chi connectivity index (χ4v) is 3.90. The summed E-state index contributed by atoms with van der Waals surface area (Å²) in [6.45, 7) is 2.13. The number of hydrogen-bond donors (Lipinski definition) is 0. The highest BCUT2D eigenvalue weighted by molar-refractivity contribution is 9.10. The summed E-state index contributed by atoms with van der Waals surface area (Å²) in [5.41, 5.74) is 3.95. The van der Waals surface area contributed by atoms with Crippen molar-refractivity contribution < 1.29 is 0 Å². The second-order valence-electron chi connectivity index (χ2n) is 5.42. The van der Waals surface area contributed by atoms with Crippen LogP contribution in [0.1, 0.15) is 21.5 Å². The molecule has 0 aliphatic heterocycles. The van der Waals surface area contributed by atoms with Gasteiger partial charge in [0.15, 0.2) is 0 Å². The van der Waals surface area contributed by atoms with Gasteiger partial charge in [-0.3, -0.25) is 0 Å². The van der Waals surface area contributed by atoms with Crippen LogP contribution in [0.4, 0.5) is 0 Å². The molecule has 3 rings (SSSR count). The van der Waals surface area contributed by atoms with Gasteiger partial charge in [-0.15, -0.1) is 0 Å². The highest BCUT2D eigenvalue weighted by Gasteiger charge is 2.10. The van der Waals surface area contributed by atoms with Crippen molar-refractivity contribution in [2.45, 2.75) is 18.2 Å². The lowest BCUT2D eigenvalue weighted by atomic mass is 10.0. The molecule has 0 amide bonds. The molecule has 0 bridgehead atoms. The Morgan fingerprint density at radius 1 is 0.905 bits per heavy atom. The van der Waals surface area contributed by atoms with Gasteiger partial charge >= 0.3 is 0 Å². The number of alkyl halides is 1. The second kappa shape index (κ2) is 6.33. The molecule has 0 saturated carbocycles. The third kappa shape index (κ3) is 3.56. The molecule has 3 aromatic rings. The summed E-state index contributed by atoms with van der Waals surface area (Å²) in [7, 11) is 0. The van der Waals surface area contributed by atoms with Crippen molar-refractivity contribution in [2.75, 3.05) is 0 Å². The van der Waals surface area contributed by atoms with Gasteiger partial charge in [-0.05, 0) is 52.9 Å². The summed E-state index contributed by atoms with van der Waals surface area (Å²) in [6.07, 6.45) is 0.987. The van der Waals surface area contributed by atoms with E-state index in [0.717, 1.165) is 10.9 Å². The minimum atomic E-state index is 0.329. The SMILES string of the molecule is Cc1cc(Br)cc(C(Br)Cc2ccc3ccccc3c2)c1. The van der Waals surface area contributed by atoms with Gasteiger partial charge in [0, 0.05) is 9.30 Å². The standard InChI is InChI=1S/C19H16Br2/c1-13-8-17(12-18(20)9-13)19(21)11-14-6-7-15-4-2-3-5-16(15)10-14/h2-10,12,19H,11H2,1H3. The van der Waals surface area contributed by atoms with Crippen molar-refractivity contribution in [1.82, 2.24) is 0 Å². The summed E-state index contributed by atoms with van der Waals surface area (Å²) < 4.78 is 1.14. The van der Waals surface area contributed by atoms with Crippen LogP contribution in [0.5, 0.6) is 0 Å². The van der Waals surface area contributed by atoms with Gasteiger partial charge in [-0.1, -0.05) is 80.4 Å². The average Bonchev–Trinajstić information content (AvgIpc) is 2.46. The van der Waals surface area contributed by atoms with Gasteiger partial charge in [0.1, 0.15) is 0 Å². The first-order chi connectivity index (χ1) is 10.1. The van der Waals surface area contributed by atoms with E-state index in [2.05, 4.69) is 99.4 Å². The van der Waals surface area contributed by atoms with Crippen LogP contribution in [-0.4, -0.2) is 0 Å². The molecule has 1 atom stereocenters. The van der Waals surface area contributed by atoms with Crippen LogP contribution >= 0.6 is 31.9 Å². The molecule has 0 fully saturated rings. The van der Waals surface area contributed by atoms with Gasteiger partial charge in [0.25, 0.3) is 0 Å². The van der Waals surface area contributed by atoms with Crippen LogP contribution in [0.3, 0.4) is 0 Å². The molecule has 0 N–H and O–H groups in total. The summed E-state index contributed by atoms with van der Waals surface area (Å²) >= 11 is 7.41. The van der Waals surface area contributed by atoms with E-state index in [-0.39, 0.29) is 0 Å². The number of fused-ring (bicyclic) bond motifs is 1. The number of benzene rings is 3. The number of hydrogen-bond acceptors (Lipinski definition) is 0. The van der Waals surface area contributed by atoms with Crippen molar-refractivity contribution in [1.29, 1.82) is 0 Å². The van der Waals surface area contributed by atoms with E-state index in [1.165, 1.54) is 27.5 Å². The normalized spacial score (nSPS) is 12.5. The van der Waals surface area contributed by atoms with Crippen molar-refractivity contribution in [3.05, 3.63) is 81.8 Å². The zero-order valence-corrected chi connectivity index (χ0v) is 15.0. The molecule has 0 spiro atoms. The predicted molar refractivity (Wildman–Crippen MR) is 98.2 cm³/mol.